The number of fused-ring (bicyclic) bond motifs is 1. The highest BCUT2D eigenvalue weighted by molar-refractivity contribution is 7.89. The van der Waals surface area contributed by atoms with Gasteiger partial charge >= 0.3 is 0 Å². The van der Waals surface area contributed by atoms with E-state index in [1.54, 1.807) is 10.6 Å². The van der Waals surface area contributed by atoms with Gasteiger partial charge in [-0.15, -0.1) is 0 Å². The molecule has 0 atom stereocenters. The van der Waals surface area contributed by atoms with Gasteiger partial charge in [0, 0.05) is 45.0 Å². The van der Waals surface area contributed by atoms with E-state index in [4.69, 9.17) is 9.72 Å². The van der Waals surface area contributed by atoms with Gasteiger partial charge in [0.05, 0.1) is 29.1 Å². The SMILES string of the molecule is CCCOc1ccc(S(=O)(=O)N2CCN(CC(=O)NC(C)(C)C)CC2)cc1-c1nc2c(CCC)cn(C)c2c(=O)[nH]1. The molecule has 4 rings (SSSR count). The fourth-order valence-electron chi connectivity index (χ4n) is 5.09. The normalized spacial score (nSPS) is 15.4. The van der Waals surface area contributed by atoms with Crippen LogP contribution in [0, 0.1) is 0 Å². The molecule has 1 aliphatic heterocycles. The van der Waals surface area contributed by atoms with Gasteiger partial charge in [-0.05, 0) is 57.4 Å². The Hall–Kier alpha value is -3.22. The third kappa shape index (κ3) is 6.99. The molecule has 2 aromatic heterocycles. The Morgan fingerprint density at radius 1 is 1.12 bits per heavy atom. The van der Waals surface area contributed by atoms with Crippen LogP contribution in [0.15, 0.2) is 34.1 Å². The Bertz CT molecular complexity index is 1560. The molecule has 2 N–H and O–H groups in total. The number of benzene rings is 1. The summed E-state index contributed by atoms with van der Waals surface area (Å²) in [5, 5.41) is 2.95. The van der Waals surface area contributed by atoms with Crippen molar-refractivity contribution in [1.82, 2.24) is 29.1 Å². The lowest BCUT2D eigenvalue weighted by Crippen LogP contribution is -2.52. The molecule has 0 bridgehead atoms. The number of H-pyrrole nitrogens is 1. The second-order valence-electron chi connectivity index (χ2n) is 11.6. The van der Waals surface area contributed by atoms with Crippen LogP contribution in [0.25, 0.3) is 22.4 Å². The molecule has 1 aromatic carbocycles. The Labute approximate surface area is 241 Å². The van der Waals surface area contributed by atoms with E-state index in [-0.39, 0.29) is 47.4 Å². The topological polar surface area (TPSA) is 130 Å². The average Bonchev–Trinajstić information content (AvgIpc) is 3.22. The molecular weight excluding hydrogens is 544 g/mol. The first kappa shape index (κ1) is 30.7. The van der Waals surface area contributed by atoms with Crippen molar-refractivity contribution in [3.8, 4) is 17.1 Å². The second-order valence-corrected chi connectivity index (χ2v) is 13.5. The highest BCUT2D eigenvalue weighted by Crippen LogP contribution is 2.32. The van der Waals surface area contributed by atoms with Crippen LogP contribution in [0.1, 0.15) is 53.0 Å². The summed E-state index contributed by atoms with van der Waals surface area (Å²) in [6, 6.07) is 4.71. The van der Waals surface area contributed by atoms with Crippen LogP contribution in [-0.2, 0) is 28.3 Å². The summed E-state index contributed by atoms with van der Waals surface area (Å²) in [7, 11) is -2.03. The Morgan fingerprint density at radius 3 is 2.46 bits per heavy atom. The van der Waals surface area contributed by atoms with Gasteiger partial charge in [0.15, 0.2) is 0 Å². The molecule has 3 heterocycles. The van der Waals surface area contributed by atoms with E-state index >= 15 is 0 Å². The highest BCUT2D eigenvalue weighted by atomic mass is 32.2. The van der Waals surface area contributed by atoms with Gasteiger partial charge in [-0.25, -0.2) is 13.4 Å². The number of sulfonamides is 1. The van der Waals surface area contributed by atoms with E-state index < -0.39 is 10.0 Å². The number of rotatable bonds is 10. The van der Waals surface area contributed by atoms with Crippen LogP contribution >= 0.6 is 0 Å². The summed E-state index contributed by atoms with van der Waals surface area (Å²) >= 11 is 0. The Kier molecular flexibility index (Phi) is 9.25. The van der Waals surface area contributed by atoms with E-state index in [2.05, 4.69) is 17.2 Å². The fraction of sp³-hybridized carbons (Fsp3) is 0.552. The zero-order valence-electron chi connectivity index (χ0n) is 24.9. The van der Waals surface area contributed by atoms with Crippen molar-refractivity contribution in [3.63, 3.8) is 0 Å². The molecule has 0 aliphatic carbocycles. The summed E-state index contributed by atoms with van der Waals surface area (Å²) in [5.41, 5.74) is 1.85. The van der Waals surface area contributed by atoms with Gasteiger partial charge in [-0.1, -0.05) is 20.3 Å². The summed E-state index contributed by atoms with van der Waals surface area (Å²) in [4.78, 5) is 35.2. The first-order valence-electron chi connectivity index (χ1n) is 14.2. The molecular formula is C29H42N6O5S. The van der Waals surface area contributed by atoms with Crippen LogP contribution in [0.4, 0.5) is 0 Å². The van der Waals surface area contributed by atoms with Gasteiger partial charge in [0.25, 0.3) is 5.56 Å². The molecule has 11 nitrogen and oxygen atoms in total. The summed E-state index contributed by atoms with van der Waals surface area (Å²) in [6.45, 7) is 11.9. The van der Waals surface area contributed by atoms with E-state index in [0.717, 1.165) is 24.8 Å². The third-order valence-corrected chi connectivity index (χ3v) is 8.83. The lowest BCUT2D eigenvalue weighted by Gasteiger charge is -2.34. The number of ether oxygens (including phenoxy) is 1. The molecule has 0 saturated carbocycles. The number of carbonyl (C=O) groups excluding carboxylic acids is 1. The smallest absolute Gasteiger partial charge is 0.275 e. The Morgan fingerprint density at radius 2 is 1.83 bits per heavy atom. The molecule has 1 saturated heterocycles. The molecule has 0 radical (unpaired) electrons. The van der Waals surface area contributed by atoms with Crippen LogP contribution in [0.5, 0.6) is 5.75 Å². The molecule has 12 heteroatoms. The molecule has 1 amide bonds. The lowest BCUT2D eigenvalue weighted by atomic mass is 10.1. The molecule has 1 fully saturated rings. The number of hydrogen-bond donors (Lipinski definition) is 2. The minimum absolute atomic E-state index is 0.0833. The maximum absolute atomic E-state index is 13.7. The predicted molar refractivity (Wildman–Crippen MR) is 160 cm³/mol. The largest absolute Gasteiger partial charge is 0.493 e. The quantitative estimate of drug-likeness (QED) is 0.374. The van der Waals surface area contributed by atoms with Crippen molar-refractivity contribution >= 4 is 27.0 Å². The number of carbonyl (C=O) groups is 1. The minimum Gasteiger partial charge on any atom is -0.493 e. The van der Waals surface area contributed by atoms with Gasteiger partial charge < -0.3 is 19.6 Å². The standard InChI is InChI=1S/C29H42N6O5S/c1-7-9-20-18-33(6)26-25(20)30-27(31-28(26)37)22-17-21(10-11-23(22)40-16-8-2)41(38,39)35-14-12-34(13-15-35)19-24(36)32-29(3,4)5/h10-11,17-18H,7-9,12-16,19H2,1-6H3,(H,32,36)(H,30,31,37). The van der Waals surface area contributed by atoms with Crippen LogP contribution in [0.3, 0.4) is 0 Å². The van der Waals surface area contributed by atoms with Crippen molar-refractivity contribution in [2.45, 2.75) is 64.3 Å². The molecule has 3 aromatic rings. The van der Waals surface area contributed by atoms with Crippen LogP contribution in [0.2, 0.25) is 0 Å². The average molecular weight is 587 g/mol. The van der Waals surface area contributed by atoms with Crippen LogP contribution < -0.4 is 15.6 Å². The first-order valence-corrected chi connectivity index (χ1v) is 15.7. The van der Waals surface area contributed by atoms with Crippen molar-refractivity contribution in [2.24, 2.45) is 7.05 Å². The molecule has 41 heavy (non-hydrogen) atoms. The maximum atomic E-state index is 13.7. The molecule has 224 valence electrons. The molecule has 1 aliphatic rings. The van der Waals surface area contributed by atoms with Crippen LogP contribution in [-0.4, -0.2) is 82.9 Å². The first-order chi connectivity index (χ1) is 19.3. The number of nitrogens with zero attached hydrogens (tertiary/aromatic N) is 4. The fourth-order valence-corrected chi connectivity index (χ4v) is 6.54. The van der Waals surface area contributed by atoms with Crippen molar-refractivity contribution in [1.29, 1.82) is 0 Å². The number of amides is 1. The maximum Gasteiger partial charge on any atom is 0.275 e. The number of nitrogens with one attached hydrogen (secondary N) is 2. The second kappa shape index (κ2) is 12.3. The molecule has 0 spiro atoms. The minimum atomic E-state index is -3.85. The lowest BCUT2D eigenvalue weighted by molar-refractivity contribution is -0.123. The van der Waals surface area contributed by atoms with E-state index in [9.17, 15) is 18.0 Å². The number of aromatic amines is 1. The Balaban J connectivity index is 1.64. The van der Waals surface area contributed by atoms with E-state index in [1.165, 1.54) is 16.4 Å². The van der Waals surface area contributed by atoms with Crippen molar-refractivity contribution in [2.75, 3.05) is 39.3 Å². The summed E-state index contributed by atoms with van der Waals surface area (Å²) in [6.07, 6.45) is 4.35. The predicted octanol–water partition coefficient (Wildman–Crippen LogP) is 2.89. The molecule has 0 unspecified atom stereocenters. The summed E-state index contributed by atoms with van der Waals surface area (Å²) in [5.74, 6) is 0.639. The summed E-state index contributed by atoms with van der Waals surface area (Å²) < 4.78 is 36.6. The van der Waals surface area contributed by atoms with Crippen molar-refractivity contribution in [3.05, 3.63) is 40.3 Å². The zero-order chi connectivity index (χ0) is 29.9. The number of piperazine rings is 1. The third-order valence-electron chi connectivity index (χ3n) is 6.94. The van der Waals surface area contributed by atoms with Gasteiger partial charge in [-0.3, -0.25) is 14.5 Å². The zero-order valence-corrected chi connectivity index (χ0v) is 25.7. The van der Waals surface area contributed by atoms with E-state index in [0.29, 0.717) is 42.0 Å². The number of aromatic nitrogens is 3. The monoisotopic (exact) mass is 586 g/mol. The van der Waals surface area contributed by atoms with Crippen molar-refractivity contribution < 1.29 is 17.9 Å². The van der Waals surface area contributed by atoms with Gasteiger partial charge in [0.2, 0.25) is 15.9 Å². The van der Waals surface area contributed by atoms with Gasteiger partial charge in [0.1, 0.15) is 17.1 Å². The number of aryl methyl sites for hydroxylation is 2. The van der Waals surface area contributed by atoms with E-state index in [1.807, 2.05) is 45.8 Å². The highest BCUT2D eigenvalue weighted by Gasteiger charge is 2.30. The van der Waals surface area contributed by atoms with Gasteiger partial charge in [-0.2, -0.15) is 4.31 Å². The number of hydrogen-bond acceptors (Lipinski definition) is 7.